The molecule has 0 fully saturated rings. The number of hydrogen-bond acceptors (Lipinski definition) is 4. The molecule has 0 atom stereocenters. The van der Waals surface area contributed by atoms with Gasteiger partial charge in [-0.2, -0.15) is 10.5 Å². The van der Waals surface area contributed by atoms with Gasteiger partial charge in [0.25, 0.3) is 0 Å². The van der Waals surface area contributed by atoms with Crippen LogP contribution in [0.4, 0.5) is 4.39 Å². The molecule has 0 aliphatic carbocycles. The lowest BCUT2D eigenvalue weighted by Gasteiger charge is -2.07. The van der Waals surface area contributed by atoms with Gasteiger partial charge < -0.3 is 4.74 Å². The van der Waals surface area contributed by atoms with Gasteiger partial charge in [0.15, 0.2) is 11.6 Å². The third-order valence-electron chi connectivity index (χ3n) is 2.33. The van der Waals surface area contributed by atoms with Crippen LogP contribution in [-0.4, -0.2) is 4.98 Å². The molecule has 92 valence electrons. The van der Waals surface area contributed by atoms with E-state index in [1.54, 1.807) is 13.0 Å². The Morgan fingerprint density at radius 3 is 2.47 bits per heavy atom. The van der Waals surface area contributed by atoms with Crippen LogP contribution in [0, 0.1) is 35.4 Å². The summed E-state index contributed by atoms with van der Waals surface area (Å²) in [5.41, 5.74) is 1.19. The fourth-order valence-electron chi connectivity index (χ4n) is 1.52. The predicted octanol–water partition coefficient (Wildman–Crippen LogP) is 3.06. The van der Waals surface area contributed by atoms with Gasteiger partial charge in [0.2, 0.25) is 5.88 Å². The molecule has 5 heteroatoms. The third kappa shape index (κ3) is 2.85. The fraction of sp³-hybridized carbons (Fsp3) is 0.0714. The molecule has 0 radical (unpaired) electrons. The van der Waals surface area contributed by atoms with Crippen molar-refractivity contribution in [1.29, 1.82) is 10.5 Å². The highest BCUT2D eigenvalue weighted by molar-refractivity contribution is 5.39. The maximum absolute atomic E-state index is 13.6. The molecule has 0 unspecified atom stereocenters. The first-order valence-corrected chi connectivity index (χ1v) is 5.38. The quantitative estimate of drug-likeness (QED) is 0.824. The second-order valence-electron chi connectivity index (χ2n) is 3.81. The summed E-state index contributed by atoms with van der Waals surface area (Å²) in [4.78, 5) is 4.06. The highest BCUT2D eigenvalue weighted by Crippen LogP contribution is 2.24. The minimum atomic E-state index is -0.652. The van der Waals surface area contributed by atoms with Crippen LogP contribution in [0.25, 0.3) is 0 Å². The zero-order chi connectivity index (χ0) is 13.8. The van der Waals surface area contributed by atoms with Crippen LogP contribution in [0.3, 0.4) is 0 Å². The molecule has 0 N–H and O–H groups in total. The molecule has 1 aromatic heterocycles. The van der Waals surface area contributed by atoms with E-state index in [0.29, 0.717) is 11.3 Å². The van der Waals surface area contributed by atoms with Crippen molar-refractivity contribution < 1.29 is 9.13 Å². The van der Waals surface area contributed by atoms with Gasteiger partial charge in [0.1, 0.15) is 0 Å². The minimum Gasteiger partial charge on any atom is -0.436 e. The number of ether oxygens (including phenoxy) is 1. The molecule has 1 aromatic carbocycles. The van der Waals surface area contributed by atoms with E-state index in [0.717, 1.165) is 6.07 Å². The number of rotatable bonds is 2. The Kier molecular flexibility index (Phi) is 3.40. The summed E-state index contributed by atoms with van der Waals surface area (Å²) in [7, 11) is 0. The molecule has 19 heavy (non-hydrogen) atoms. The summed E-state index contributed by atoms with van der Waals surface area (Å²) in [5, 5.41) is 17.5. The molecule has 2 aromatic rings. The summed E-state index contributed by atoms with van der Waals surface area (Å²) >= 11 is 0. The number of aryl methyl sites for hydroxylation is 1. The van der Waals surface area contributed by atoms with Gasteiger partial charge in [-0.25, -0.2) is 9.37 Å². The summed E-state index contributed by atoms with van der Waals surface area (Å²) in [6.07, 6.45) is 0. The van der Waals surface area contributed by atoms with Crippen LogP contribution in [0.1, 0.15) is 16.8 Å². The molecule has 0 saturated heterocycles. The first-order chi connectivity index (χ1) is 9.12. The molecule has 2 rings (SSSR count). The summed E-state index contributed by atoms with van der Waals surface area (Å²) in [5.74, 6) is -0.554. The van der Waals surface area contributed by atoms with Gasteiger partial charge in [-0.05, 0) is 31.2 Å². The second-order valence-corrected chi connectivity index (χ2v) is 3.81. The Morgan fingerprint density at radius 1 is 1.11 bits per heavy atom. The van der Waals surface area contributed by atoms with Gasteiger partial charge in [0.05, 0.1) is 23.3 Å². The molecule has 0 aliphatic rings. The number of nitrogens with zero attached hydrogens (tertiary/aromatic N) is 3. The Labute approximate surface area is 109 Å². The molecule has 0 bridgehead atoms. The molecule has 0 aliphatic heterocycles. The van der Waals surface area contributed by atoms with Crippen LogP contribution < -0.4 is 4.74 Å². The summed E-state index contributed by atoms with van der Waals surface area (Å²) in [6.45, 7) is 1.71. The van der Waals surface area contributed by atoms with Crippen LogP contribution >= 0.6 is 0 Å². The highest BCUT2D eigenvalue weighted by atomic mass is 19.1. The molecule has 4 nitrogen and oxygen atoms in total. The standard InChI is InChI=1S/C14H8FN3O/c1-9-4-11(8-17)6-14(18-9)19-13-3-2-10(7-16)5-12(13)15/h2-6H,1H3. The van der Waals surface area contributed by atoms with Crippen molar-refractivity contribution in [1.82, 2.24) is 4.98 Å². The Morgan fingerprint density at radius 2 is 1.84 bits per heavy atom. The normalized spacial score (nSPS) is 9.47. The van der Waals surface area contributed by atoms with Crippen molar-refractivity contribution in [3.05, 3.63) is 53.0 Å². The summed E-state index contributed by atoms with van der Waals surface area (Å²) < 4.78 is 18.9. The van der Waals surface area contributed by atoms with Gasteiger partial charge in [-0.3, -0.25) is 0 Å². The topological polar surface area (TPSA) is 69.7 Å². The van der Waals surface area contributed by atoms with Crippen LogP contribution in [0.5, 0.6) is 11.6 Å². The maximum atomic E-state index is 13.6. The third-order valence-corrected chi connectivity index (χ3v) is 2.33. The monoisotopic (exact) mass is 253 g/mol. The molecular weight excluding hydrogens is 245 g/mol. The van der Waals surface area contributed by atoms with Crippen molar-refractivity contribution in [2.75, 3.05) is 0 Å². The minimum absolute atomic E-state index is 0.0408. The van der Waals surface area contributed by atoms with E-state index in [-0.39, 0.29) is 17.2 Å². The molecule has 0 amide bonds. The molecule has 0 spiro atoms. The lowest BCUT2D eigenvalue weighted by molar-refractivity contribution is 0.426. The number of hydrogen-bond donors (Lipinski definition) is 0. The van der Waals surface area contributed by atoms with E-state index < -0.39 is 5.82 Å². The van der Waals surface area contributed by atoms with E-state index in [1.165, 1.54) is 18.2 Å². The van der Waals surface area contributed by atoms with Crippen molar-refractivity contribution in [3.8, 4) is 23.8 Å². The van der Waals surface area contributed by atoms with Crippen LogP contribution in [0.15, 0.2) is 30.3 Å². The van der Waals surface area contributed by atoms with E-state index in [4.69, 9.17) is 15.3 Å². The van der Waals surface area contributed by atoms with E-state index in [9.17, 15) is 4.39 Å². The molecular formula is C14H8FN3O. The van der Waals surface area contributed by atoms with E-state index >= 15 is 0 Å². The Bertz CT molecular complexity index is 714. The number of halogens is 1. The van der Waals surface area contributed by atoms with Crippen LogP contribution in [0.2, 0.25) is 0 Å². The predicted molar refractivity (Wildman–Crippen MR) is 64.9 cm³/mol. The van der Waals surface area contributed by atoms with Gasteiger partial charge in [0, 0.05) is 11.8 Å². The van der Waals surface area contributed by atoms with Crippen molar-refractivity contribution in [2.24, 2.45) is 0 Å². The lowest BCUT2D eigenvalue weighted by atomic mass is 10.2. The van der Waals surface area contributed by atoms with Gasteiger partial charge in [-0.1, -0.05) is 0 Å². The van der Waals surface area contributed by atoms with Gasteiger partial charge >= 0.3 is 0 Å². The lowest BCUT2D eigenvalue weighted by Crippen LogP contribution is -1.94. The van der Waals surface area contributed by atoms with E-state index in [1.807, 2.05) is 12.1 Å². The van der Waals surface area contributed by atoms with Crippen molar-refractivity contribution >= 4 is 0 Å². The highest BCUT2D eigenvalue weighted by Gasteiger charge is 2.08. The largest absolute Gasteiger partial charge is 0.436 e. The number of aromatic nitrogens is 1. The zero-order valence-electron chi connectivity index (χ0n) is 10.0. The second kappa shape index (κ2) is 5.16. The van der Waals surface area contributed by atoms with Crippen LogP contribution in [-0.2, 0) is 0 Å². The van der Waals surface area contributed by atoms with Crippen molar-refractivity contribution in [3.63, 3.8) is 0 Å². The average molecular weight is 253 g/mol. The smallest absolute Gasteiger partial charge is 0.220 e. The SMILES string of the molecule is Cc1cc(C#N)cc(Oc2ccc(C#N)cc2F)n1. The summed E-state index contributed by atoms with van der Waals surface area (Å²) in [6, 6.07) is 10.7. The fourth-order valence-corrected chi connectivity index (χ4v) is 1.52. The molecule has 1 heterocycles. The van der Waals surface area contributed by atoms with Gasteiger partial charge in [-0.15, -0.1) is 0 Å². The Balaban J connectivity index is 2.34. The zero-order valence-corrected chi connectivity index (χ0v) is 10.0. The molecule has 0 saturated carbocycles. The first kappa shape index (κ1) is 12.5. The number of pyridine rings is 1. The average Bonchev–Trinajstić information content (AvgIpc) is 2.40. The number of benzene rings is 1. The maximum Gasteiger partial charge on any atom is 0.220 e. The number of nitriles is 2. The van der Waals surface area contributed by atoms with E-state index in [2.05, 4.69) is 4.98 Å². The Hall–Kier alpha value is -2.92. The van der Waals surface area contributed by atoms with Crippen molar-refractivity contribution in [2.45, 2.75) is 6.92 Å². The first-order valence-electron chi connectivity index (χ1n) is 5.38.